The van der Waals surface area contributed by atoms with Crippen molar-refractivity contribution in [3.63, 3.8) is 0 Å². The molecule has 0 unspecified atom stereocenters. The predicted octanol–water partition coefficient (Wildman–Crippen LogP) is 3.66. The lowest BCUT2D eigenvalue weighted by atomic mass is 10.2. The fourth-order valence-electron chi connectivity index (χ4n) is 2.72. The maximum atomic E-state index is 12.3. The molecule has 6 heteroatoms. The first-order chi connectivity index (χ1) is 13.5. The van der Waals surface area contributed by atoms with Gasteiger partial charge >= 0.3 is 0 Å². The number of hydrogen-bond acceptors (Lipinski definition) is 4. The molecular weight excluding hydrogens is 352 g/mol. The molecule has 0 aliphatic heterocycles. The van der Waals surface area contributed by atoms with E-state index in [4.69, 9.17) is 4.74 Å². The molecule has 0 aliphatic rings. The minimum absolute atomic E-state index is 0.215. The minimum atomic E-state index is -0.215. The van der Waals surface area contributed by atoms with Gasteiger partial charge in [-0.1, -0.05) is 24.3 Å². The Morgan fingerprint density at radius 2 is 1.96 bits per heavy atom. The van der Waals surface area contributed by atoms with Gasteiger partial charge in [-0.25, -0.2) is 4.68 Å². The highest BCUT2D eigenvalue weighted by atomic mass is 16.5. The fraction of sp³-hybridized carbons (Fsp3) is 0.182. The van der Waals surface area contributed by atoms with Crippen LogP contribution in [0.4, 0.5) is 11.5 Å². The summed E-state index contributed by atoms with van der Waals surface area (Å²) in [6, 6.07) is 17.6. The van der Waals surface area contributed by atoms with Crippen LogP contribution in [0.3, 0.4) is 0 Å². The number of nitrogens with one attached hydrogen (secondary N) is 1. The van der Waals surface area contributed by atoms with Gasteiger partial charge < -0.3 is 15.0 Å². The zero-order valence-corrected chi connectivity index (χ0v) is 16.3. The lowest BCUT2D eigenvalue weighted by Gasteiger charge is -2.13. The van der Waals surface area contributed by atoms with Crippen molar-refractivity contribution in [1.82, 2.24) is 9.78 Å². The Balaban J connectivity index is 1.64. The molecule has 1 N–H and O–H groups in total. The molecule has 0 aliphatic carbocycles. The zero-order chi connectivity index (χ0) is 19.9. The predicted molar refractivity (Wildman–Crippen MR) is 113 cm³/mol. The molecule has 3 rings (SSSR count). The van der Waals surface area contributed by atoms with E-state index >= 15 is 0 Å². The molecule has 3 aromatic rings. The van der Waals surface area contributed by atoms with Crippen LogP contribution in [0.25, 0.3) is 6.08 Å². The van der Waals surface area contributed by atoms with Gasteiger partial charge in [-0.2, -0.15) is 5.10 Å². The number of carbonyl (C=O) groups excluding carboxylic acids is 1. The Hall–Kier alpha value is -3.54. The van der Waals surface area contributed by atoms with E-state index in [0.717, 1.165) is 22.6 Å². The third-order valence-electron chi connectivity index (χ3n) is 4.27. The van der Waals surface area contributed by atoms with Crippen LogP contribution < -0.4 is 15.0 Å². The number of carbonyl (C=O) groups is 1. The molecule has 2 aromatic carbocycles. The molecule has 0 saturated heterocycles. The number of nitrogens with zero attached hydrogens (tertiary/aromatic N) is 3. The van der Waals surface area contributed by atoms with E-state index in [-0.39, 0.29) is 5.91 Å². The zero-order valence-electron chi connectivity index (χ0n) is 16.3. The van der Waals surface area contributed by atoms with Gasteiger partial charge in [0.2, 0.25) is 5.91 Å². The van der Waals surface area contributed by atoms with Crippen LogP contribution in [0, 0.1) is 0 Å². The Bertz CT molecular complexity index is 959. The summed E-state index contributed by atoms with van der Waals surface area (Å²) in [6.45, 7) is 0.579. The molecule has 0 fully saturated rings. The number of amides is 1. The first-order valence-corrected chi connectivity index (χ1v) is 8.96. The molecule has 1 amide bonds. The lowest BCUT2D eigenvalue weighted by molar-refractivity contribution is -0.111. The van der Waals surface area contributed by atoms with Gasteiger partial charge in [0, 0.05) is 31.9 Å². The van der Waals surface area contributed by atoms with Crippen molar-refractivity contribution in [1.29, 1.82) is 0 Å². The monoisotopic (exact) mass is 376 g/mol. The number of benzene rings is 2. The molecule has 0 atom stereocenters. The molecule has 0 saturated carbocycles. The van der Waals surface area contributed by atoms with Crippen molar-refractivity contribution >= 4 is 23.5 Å². The minimum Gasteiger partial charge on any atom is -0.497 e. The summed E-state index contributed by atoms with van der Waals surface area (Å²) in [5, 5.41) is 7.19. The Labute approximate surface area is 165 Å². The van der Waals surface area contributed by atoms with Crippen LogP contribution in [-0.2, 0) is 11.3 Å². The third kappa shape index (κ3) is 5.01. The Morgan fingerprint density at radius 3 is 2.68 bits per heavy atom. The van der Waals surface area contributed by atoms with Gasteiger partial charge in [0.1, 0.15) is 11.6 Å². The summed E-state index contributed by atoms with van der Waals surface area (Å²) in [4.78, 5) is 14.3. The lowest BCUT2D eigenvalue weighted by Crippen LogP contribution is -2.14. The van der Waals surface area contributed by atoms with Crippen LogP contribution in [0.1, 0.15) is 11.1 Å². The third-order valence-corrected chi connectivity index (χ3v) is 4.27. The number of ether oxygens (including phenoxy) is 1. The summed E-state index contributed by atoms with van der Waals surface area (Å²) in [6.07, 6.45) is 4.92. The number of methoxy groups -OCH3 is 1. The highest BCUT2D eigenvalue weighted by molar-refractivity contribution is 6.01. The first kappa shape index (κ1) is 19.2. The highest BCUT2D eigenvalue weighted by Gasteiger charge is 2.06. The summed E-state index contributed by atoms with van der Waals surface area (Å²) in [5.41, 5.74) is 3.14. The maximum absolute atomic E-state index is 12.3. The van der Waals surface area contributed by atoms with Crippen molar-refractivity contribution in [2.75, 3.05) is 31.4 Å². The highest BCUT2D eigenvalue weighted by Crippen LogP contribution is 2.16. The van der Waals surface area contributed by atoms with Gasteiger partial charge in [0.15, 0.2) is 0 Å². The molecular formula is C22H24N4O2. The van der Waals surface area contributed by atoms with E-state index in [0.29, 0.717) is 12.4 Å². The van der Waals surface area contributed by atoms with Crippen LogP contribution in [0.5, 0.6) is 5.75 Å². The van der Waals surface area contributed by atoms with E-state index in [1.807, 2.05) is 38.4 Å². The summed E-state index contributed by atoms with van der Waals surface area (Å²) in [5.74, 6) is 1.19. The van der Waals surface area contributed by atoms with Crippen LogP contribution in [0.15, 0.2) is 66.9 Å². The smallest absolute Gasteiger partial charge is 0.249 e. The van der Waals surface area contributed by atoms with Crippen LogP contribution in [0.2, 0.25) is 0 Å². The van der Waals surface area contributed by atoms with Crippen molar-refractivity contribution in [3.8, 4) is 5.75 Å². The van der Waals surface area contributed by atoms with Gasteiger partial charge in [-0.3, -0.25) is 4.79 Å². The van der Waals surface area contributed by atoms with E-state index in [1.165, 1.54) is 6.08 Å². The number of anilines is 2. The molecule has 28 heavy (non-hydrogen) atoms. The number of rotatable bonds is 7. The molecule has 0 spiro atoms. The number of aromatic nitrogens is 2. The second kappa shape index (κ2) is 8.90. The average Bonchev–Trinajstić information content (AvgIpc) is 3.13. The Morgan fingerprint density at radius 1 is 1.18 bits per heavy atom. The van der Waals surface area contributed by atoms with E-state index in [9.17, 15) is 4.79 Å². The van der Waals surface area contributed by atoms with E-state index < -0.39 is 0 Å². The normalized spacial score (nSPS) is 10.8. The van der Waals surface area contributed by atoms with Gasteiger partial charge in [-0.15, -0.1) is 0 Å². The fourth-order valence-corrected chi connectivity index (χ4v) is 2.72. The molecule has 0 bridgehead atoms. The summed E-state index contributed by atoms with van der Waals surface area (Å²) < 4.78 is 6.96. The standard InChI is InChI=1S/C22H24N4O2/c1-25(2)19-10-7-18(8-11-19)16-26-21(13-14-23-26)24-22(27)12-9-17-5-4-6-20(15-17)28-3/h4-15H,16H2,1-3H3,(H,24,27)/b12-9+. The number of hydrogen-bond donors (Lipinski definition) is 1. The average molecular weight is 376 g/mol. The Kier molecular flexibility index (Phi) is 6.11. The first-order valence-electron chi connectivity index (χ1n) is 8.96. The van der Waals surface area contributed by atoms with Crippen molar-refractivity contribution < 1.29 is 9.53 Å². The summed E-state index contributed by atoms with van der Waals surface area (Å²) in [7, 11) is 5.63. The van der Waals surface area contributed by atoms with Crippen molar-refractivity contribution in [2.24, 2.45) is 0 Å². The quantitative estimate of drug-likeness (QED) is 0.640. The molecule has 6 nitrogen and oxygen atoms in total. The van der Waals surface area contributed by atoms with Gasteiger partial charge in [-0.05, 0) is 41.5 Å². The van der Waals surface area contributed by atoms with E-state index in [2.05, 4.69) is 39.6 Å². The molecule has 0 radical (unpaired) electrons. The second-order valence-electron chi connectivity index (χ2n) is 6.53. The second-order valence-corrected chi connectivity index (χ2v) is 6.53. The topological polar surface area (TPSA) is 59.4 Å². The molecule has 1 heterocycles. The van der Waals surface area contributed by atoms with Crippen LogP contribution in [-0.4, -0.2) is 36.9 Å². The summed E-state index contributed by atoms with van der Waals surface area (Å²) >= 11 is 0. The molecule has 144 valence electrons. The van der Waals surface area contributed by atoms with Gasteiger partial charge in [0.05, 0.1) is 19.9 Å². The SMILES string of the molecule is COc1cccc(/C=C/C(=O)Nc2ccnn2Cc2ccc(N(C)C)cc2)c1. The van der Waals surface area contributed by atoms with E-state index in [1.54, 1.807) is 30.1 Å². The van der Waals surface area contributed by atoms with Crippen LogP contribution >= 0.6 is 0 Å². The van der Waals surface area contributed by atoms with Crippen molar-refractivity contribution in [2.45, 2.75) is 6.54 Å². The molecule has 1 aromatic heterocycles. The van der Waals surface area contributed by atoms with Gasteiger partial charge in [0.25, 0.3) is 0 Å². The largest absolute Gasteiger partial charge is 0.497 e. The maximum Gasteiger partial charge on any atom is 0.249 e. The van der Waals surface area contributed by atoms with Crippen molar-refractivity contribution in [3.05, 3.63) is 78.0 Å².